The average molecular weight is 305 g/mol. The van der Waals surface area contributed by atoms with Gasteiger partial charge in [-0.25, -0.2) is 0 Å². The zero-order valence-corrected chi connectivity index (χ0v) is 13.9. The molecule has 22 heavy (non-hydrogen) atoms. The molecule has 1 saturated heterocycles. The number of rotatable bonds is 5. The molecule has 0 unspecified atom stereocenters. The van der Waals surface area contributed by atoms with Gasteiger partial charge in [0.1, 0.15) is 0 Å². The van der Waals surface area contributed by atoms with Crippen molar-refractivity contribution < 1.29 is 9.90 Å². The molecular weight excluding hydrogens is 278 g/mol. The normalized spacial score (nSPS) is 22.5. The lowest BCUT2D eigenvalue weighted by molar-refractivity contribution is -0.130. The molecule has 2 heterocycles. The van der Waals surface area contributed by atoms with Crippen molar-refractivity contribution in [1.82, 2.24) is 14.8 Å². The van der Waals surface area contributed by atoms with Crippen molar-refractivity contribution in [3.05, 3.63) is 29.6 Å². The van der Waals surface area contributed by atoms with E-state index in [2.05, 4.69) is 9.88 Å². The minimum atomic E-state index is -0.756. The topological polar surface area (TPSA) is 56.7 Å². The van der Waals surface area contributed by atoms with Crippen LogP contribution in [0.3, 0.4) is 0 Å². The van der Waals surface area contributed by atoms with Crippen LogP contribution in [0.15, 0.2) is 18.2 Å². The Morgan fingerprint density at radius 1 is 1.45 bits per heavy atom. The van der Waals surface area contributed by atoms with Gasteiger partial charge in [0.25, 0.3) is 0 Å². The predicted molar refractivity (Wildman–Crippen MR) is 86.4 cm³/mol. The number of aliphatic hydroxyl groups is 1. The van der Waals surface area contributed by atoms with Crippen LogP contribution in [0.1, 0.15) is 37.1 Å². The smallest absolute Gasteiger partial charge is 0.222 e. The fourth-order valence-electron chi connectivity index (χ4n) is 3.02. The van der Waals surface area contributed by atoms with Crippen molar-refractivity contribution in [2.45, 2.75) is 44.8 Å². The number of carbonyl (C=O) groups is 1. The summed E-state index contributed by atoms with van der Waals surface area (Å²) >= 11 is 0. The van der Waals surface area contributed by atoms with Crippen LogP contribution in [0.2, 0.25) is 0 Å². The molecule has 5 heteroatoms. The number of hydrogen-bond acceptors (Lipinski definition) is 4. The minimum absolute atomic E-state index is 0.0749. The molecule has 1 aromatic rings. The fraction of sp³-hybridized carbons (Fsp3) is 0.647. The first-order chi connectivity index (χ1) is 10.4. The Morgan fingerprint density at radius 3 is 2.91 bits per heavy atom. The van der Waals surface area contributed by atoms with Gasteiger partial charge in [-0.3, -0.25) is 14.7 Å². The summed E-state index contributed by atoms with van der Waals surface area (Å²) < 4.78 is 0. The molecule has 2 rings (SSSR count). The summed E-state index contributed by atoms with van der Waals surface area (Å²) in [5, 5.41) is 10.8. The van der Waals surface area contributed by atoms with Crippen molar-refractivity contribution in [3.63, 3.8) is 0 Å². The highest BCUT2D eigenvalue weighted by Gasteiger charge is 2.33. The number of β-amino-alcohol motifs (C(OH)–C–C–N with tert-alkyl or cyclic N) is 1. The highest BCUT2D eigenvalue weighted by molar-refractivity contribution is 5.75. The molecule has 0 bridgehead atoms. The molecule has 5 nitrogen and oxygen atoms in total. The van der Waals surface area contributed by atoms with Crippen molar-refractivity contribution >= 4 is 5.91 Å². The van der Waals surface area contributed by atoms with E-state index in [-0.39, 0.29) is 5.91 Å². The molecule has 1 aliphatic rings. The van der Waals surface area contributed by atoms with E-state index in [9.17, 15) is 9.90 Å². The Labute approximate surface area is 132 Å². The van der Waals surface area contributed by atoms with Crippen LogP contribution in [0.4, 0.5) is 0 Å². The quantitative estimate of drug-likeness (QED) is 0.897. The summed E-state index contributed by atoms with van der Waals surface area (Å²) in [5.74, 6) is 0.0749. The molecule has 0 saturated carbocycles. The first-order valence-electron chi connectivity index (χ1n) is 7.95. The maximum atomic E-state index is 11.7. The van der Waals surface area contributed by atoms with Crippen LogP contribution in [0.25, 0.3) is 0 Å². The first-order valence-corrected chi connectivity index (χ1v) is 7.95. The minimum Gasteiger partial charge on any atom is -0.389 e. The van der Waals surface area contributed by atoms with E-state index >= 15 is 0 Å². The fourth-order valence-corrected chi connectivity index (χ4v) is 3.02. The summed E-state index contributed by atoms with van der Waals surface area (Å²) in [5.41, 5.74) is 1.29. The third-order valence-electron chi connectivity index (χ3n) is 4.27. The second-order valence-electron chi connectivity index (χ2n) is 6.60. The Hall–Kier alpha value is -1.46. The number of aromatic nitrogens is 1. The van der Waals surface area contributed by atoms with Crippen molar-refractivity contribution in [3.8, 4) is 0 Å². The van der Waals surface area contributed by atoms with Gasteiger partial charge in [0, 0.05) is 39.3 Å². The maximum absolute atomic E-state index is 11.7. The van der Waals surface area contributed by atoms with Crippen LogP contribution in [-0.2, 0) is 11.3 Å². The molecule has 1 atom stereocenters. The number of piperidine rings is 1. The van der Waals surface area contributed by atoms with E-state index in [1.165, 1.54) is 0 Å². The van der Waals surface area contributed by atoms with Gasteiger partial charge in [0.15, 0.2) is 0 Å². The van der Waals surface area contributed by atoms with E-state index in [1.54, 1.807) is 19.0 Å². The lowest BCUT2D eigenvalue weighted by Crippen LogP contribution is -2.48. The molecule has 0 radical (unpaired) electrons. The zero-order chi connectivity index (χ0) is 16.2. The Kier molecular flexibility index (Phi) is 5.53. The molecule has 1 amide bonds. The van der Waals surface area contributed by atoms with Gasteiger partial charge in [0.05, 0.1) is 11.3 Å². The van der Waals surface area contributed by atoms with Crippen molar-refractivity contribution in [1.29, 1.82) is 0 Å². The lowest BCUT2D eigenvalue weighted by atomic mass is 9.88. The lowest BCUT2D eigenvalue weighted by Gasteiger charge is -2.39. The zero-order valence-electron chi connectivity index (χ0n) is 13.9. The summed E-state index contributed by atoms with van der Waals surface area (Å²) in [4.78, 5) is 20.1. The van der Waals surface area contributed by atoms with Crippen LogP contribution in [0.5, 0.6) is 0 Å². The van der Waals surface area contributed by atoms with Crippen LogP contribution >= 0.6 is 0 Å². The highest BCUT2D eigenvalue weighted by atomic mass is 16.3. The average Bonchev–Trinajstić information content (AvgIpc) is 2.45. The van der Waals surface area contributed by atoms with Gasteiger partial charge in [-0.05, 0) is 44.9 Å². The standard InChI is InChI=1S/C17H27N3O2/c1-14-6-4-7-15(18-14)12-20-11-5-9-17(22,13-20)10-8-16(21)19(2)3/h4,6-7,22H,5,8-13H2,1-3H3/t17-/m1/s1. The number of carbonyl (C=O) groups excluding carboxylic acids is 1. The molecule has 122 valence electrons. The molecule has 1 N–H and O–H groups in total. The van der Waals surface area contributed by atoms with E-state index in [4.69, 9.17) is 0 Å². The van der Waals surface area contributed by atoms with Gasteiger partial charge >= 0.3 is 0 Å². The SMILES string of the molecule is Cc1cccc(CN2CCC[C@@](O)(CCC(=O)N(C)C)C2)n1. The molecule has 1 aliphatic heterocycles. The summed E-state index contributed by atoms with van der Waals surface area (Å²) in [6, 6.07) is 6.03. The molecule has 1 fully saturated rings. The first kappa shape index (κ1) is 16.9. The summed E-state index contributed by atoms with van der Waals surface area (Å²) in [7, 11) is 3.51. The largest absolute Gasteiger partial charge is 0.389 e. The molecular formula is C17H27N3O2. The highest BCUT2D eigenvalue weighted by Crippen LogP contribution is 2.26. The predicted octanol–water partition coefficient (Wildman–Crippen LogP) is 1.59. The molecule has 0 spiro atoms. The van der Waals surface area contributed by atoms with E-state index in [1.807, 2.05) is 25.1 Å². The molecule has 0 aliphatic carbocycles. The third kappa shape index (κ3) is 4.78. The Morgan fingerprint density at radius 2 is 2.23 bits per heavy atom. The van der Waals surface area contributed by atoms with Crippen LogP contribution in [0, 0.1) is 6.92 Å². The second kappa shape index (κ2) is 7.20. The number of hydrogen-bond donors (Lipinski definition) is 1. The van der Waals surface area contributed by atoms with Crippen LogP contribution in [-0.4, -0.2) is 58.6 Å². The molecule has 0 aromatic carbocycles. The van der Waals surface area contributed by atoms with Gasteiger partial charge in [-0.15, -0.1) is 0 Å². The van der Waals surface area contributed by atoms with Crippen LogP contribution < -0.4 is 0 Å². The summed E-state index contributed by atoms with van der Waals surface area (Å²) in [6.07, 6.45) is 2.66. The van der Waals surface area contributed by atoms with Crippen molar-refractivity contribution in [2.75, 3.05) is 27.2 Å². The second-order valence-corrected chi connectivity index (χ2v) is 6.60. The van der Waals surface area contributed by atoms with E-state index in [0.29, 0.717) is 19.4 Å². The number of nitrogens with zero attached hydrogens (tertiary/aromatic N) is 3. The number of likely N-dealkylation sites (tertiary alicyclic amines) is 1. The number of aryl methyl sites for hydroxylation is 1. The van der Waals surface area contributed by atoms with Gasteiger partial charge in [-0.2, -0.15) is 0 Å². The van der Waals surface area contributed by atoms with Gasteiger partial charge < -0.3 is 10.0 Å². The van der Waals surface area contributed by atoms with E-state index in [0.717, 1.165) is 37.3 Å². The molecule has 1 aromatic heterocycles. The van der Waals surface area contributed by atoms with Crippen molar-refractivity contribution in [2.24, 2.45) is 0 Å². The maximum Gasteiger partial charge on any atom is 0.222 e. The Bertz CT molecular complexity index is 518. The van der Waals surface area contributed by atoms with E-state index < -0.39 is 5.60 Å². The third-order valence-corrected chi connectivity index (χ3v) is 4.27. The van der Waals surface area contributed by atoms with Gasteiger partial charge in [0.2, 0.25) is 5.91 Å². The Balaban J connectivity index is 1.91. The summed E-state index contributed by atoms with van der Waals surface area (Å²) in [6.45, 7) is 4.33. The number of pyridine rings is 1. The monoisotopic (exact) mass is 305 g/mol. The van der Waals surface area contributed by atoms with Gasteiger partial charge in [-0.1, -0.05) is 6.07 Å². The number of amides is 1.